The maximum absolute atomic E-state index is 13.0. The van der Waals surface area contributed by atoms with Crippen molar-refractivity contribution in [3.63, 3.8) is 0 Å². The van der Waals surface area contributed by atoms with Crippen molar-refractivity contribution >= 4 is 38.4 Å². The van der Waals surface area contributed by atoms with Gasteiger partial charge in [0.25, 0.3) is 10.0 Å². The van der Waals surface area contributed by atoms with Crippen LogP contribution in [0.3, 0.4) is 0 Å². The number of hydrogen-bond donors (Lipinski definition) is 3. The molecule has 0 aliphatic carbocycles. The zero-order valence-corrected chi connectivity index (χ0v) is 16.5. The molecule has 9 heteroatoms. The van der Waals surface area contributed by atoms with Crippen molar-refractivity contribution in [1.82, 2.24) is 8.96 Å². The first-order valence-electron chi connectivity index (χ1n) is 9.00. The van der Waals surface area contributed by atoms with Crippen LogP contribution in [0.4, 0.5) is 11.4 Å². The van der Waals surface area contributed by atoms with Crippen molar-refractivity contribution in [2.75, 3.05) is 11.1 Å². The first-order chi connectivity index (χ1) is 14.4. The van der Waals surface area contributed by atoms with Crippen LogP contribution in [-0.2, 0) is 16.6 Å². The standard InChI is InChI=1S/C21H18N4O4S/c22-19-13-24-20-17(10-11-25(20)30(28,29)16-4-2-1-3-5-16)18(19)12-23-15-8-6-14(7-9-15)21(26)27/h1-11,13,23H,12,22H2,(H,26,27). The third-order valence-electron chi connectivity index (χ3n) is 4.73. The van der Waals surface area contributed by atoms with Crippen LogP contribution in [0, 0.1) is 0 Å². The number of nitrogens with zero attached hydrogens (tertiary/aromatic N) is 2. The van der Waals surface area contributed by atoms with Crippen molar-refractivity contribution in [2.24, 2.45) is 0 Å². The quantitative estimate of drug-likeness (QED) is 0.435. The van der Waals surface area contributed by atoms with E-state index in [4.69, 9.17) is 10.8 Å². The molecule has 30 heavy (non-hydrogen) atoms. The molecule has 0 radical (unpaired) electrons. The van der Waals surface area contributed by atoms with E-state index in [9.17, 15) is 13.2 Å². The van der Waals surface area contributed by atoms with Gasteiger partial charge >= 0.3 is 5.97 Å². The topological polar surface area (TPSA) is 127 Å². The Kier molecular flexibility index (Phi) is 4.88. The summed E-state index contributed by atoms with van der Waals surface area (Å²) in [6.45, 7) is 0.312. The van der Waals surface area contributed by atoms with Gasteiger partial charge in [-0.2, -0.15) is 0 Å². The lowest BCUT2D eigenvalue weighted by atomic mass is 10.1. The van der Waals surface area contributed by atoms with Gasteiger partial charge in [0, 0.05) is 29.4 Å². The predicted molar refractivity (Wildman–Crippen MR) is 114 cm³/mol. The lowest BCUT2D eigenvalue weighted by Crippen LogP contribution is -2.13. The molecular weight excluding hydrogens is 404 g/mol. The molecule has 0 saturated heterocycles. The van der Waals surface area contributed by atoms with Crippen LogP contribution in [0.2, 0.25) is 0 Å². The van der Waals surface area contributed by atoms with Crippen molar-refractivity contribution in [2.45, 2.75) is 11.4 Å². The second-order valence-electron chi connectivity index (χ2n) is 6.60. The summed E-state index contributed by atoms with van der Waals surface area (Å²) in [6, 6.07) is 16.1. The summed E-state index contributed by atoms with van der Waals surface area (Å²) < 4.78 is 27.1. The number of nitrogens with two attached hydrogens (primary N) is 1. The van der Waals surface area contributed by atoms with Gasteiger partial charge in [-0.3, -0.25) is 0 Å². The highest BCUT2D eigenvalue weighted by Crippen LogP contribution is 2.27. The molecule has 2 aromatic heterocycles. The zero-order chi connectivity index (χ0) is 21.3. The van der Waals surface area contributed by atoms with E-state index in [-0.39, 0.29) is 16.1 Å². The van der Waals surface area contributed by atoms with Crippen LogP contribution in [0.1, 0.15) is 15.9 Å². The van der Waals surface area contributed by atoms with Crippen LogP contribution < -0.4 is 11.1 Å². The number of benzene rings is 2. The summed E-state index contributed by atoms with van der Waals surface area (Å²) in [5.74, 6) is -0.998. The molecule has 4 N–H and O–H groups in total. The molecular formula is C21H18N4O4S. The molecule has 2 heterocycles. The van der Waals surface area contributed by atoms with E-state index < -0.39 is 16.0 Å². The Labute approximate surface area is 172 Å². The first-order valence-corrected chi connectivity index (χ1v) is 10.4. The van der Waals surface area contributed by atoms with Gasteiger partial charge in [0.05, 0.1) is 22.3 Å². The average Bonchev–Trinajstić information content (AvgIpc) is 3.19. The molecule has 0 fully saturated rings. The fourth-order valence-corrected chi connectivity index (χ4v) is 4.47. The average molecular weight is 422 g/mol. The summed E-state index contributed by atoms with van der Waals surface area (Å²) in [6.07, 6.45) is 2.90. The van der Waals surface area contributed by atoms with Crippen LogP contribution in [0.15, 0.2) is 78.0 Å². The molecule has 0 amide bonds. The molecule has 0 saturated carbocycles. The van der Waals surface area contributed by atoms with Crippen LogP contribution >= 0.6 is 0 Å². The molecule has 0 spiro atoms. The number of fused-ring (bicyclic) bond motifs is 1. The van der Waals surface area contributed by atoms with Crippen molar-refractivity contribution in [3.05, 3.63) is 84.2 Å². The smallest absolute Gasteiger partial charge is 0.335 e. The van der Waals surface area contributed by atoms with Gasteiger partial charge in [-0.1, -0.05) is 18.2 Å². The van der Waals surface area contributed by atoms with Crippen LogP contribution in [0.25, 0.3) is 11.0 Å². The van der Waals surface area contributed by atoms with E-state index in [2.05, 4.69) is 10.3 Å². The third-order valence-corrected chi connectivity index (χ3v) is 6.41. The van der Waals surface area contributed by atoms with Crippen molar-refractivity contribution in [1.29, 1.82) is 0 Å². The molecule has 0 aliphatic heterocycles. The number of carboxylic acid groups (broad SMARTS) is 1. The first kappa shape index (κ1) is 19.5. The lowest BCUT2D eigenvalue weighted by molar-refractivity contribution is 0.0697. The van der Waals surface area contributed by atoms with Gasteiger partial charge in [-0.05, 0) is 42.5 Å². The summed E-state index contributed by atoms with van der Waals surface area (Å²) in [7, 11) is -3.79. The number of anilines is 2. The van der Waals surface area contributed by atoms with Crippen molar-refractivity contribution in [3.8, 4) is 0 Å². The normalized spacial score (nSPS) is 11.5. The number of rotatable bonds is 6. The van der Waals surface area contributed by atoms with E-state index in [1.807, 2.05) is 0 Å². The Morgan fingerprint density at radius 2 is 1.77 bits per heavy atom. The summed E-state index contributed by atoms with van der Waals surface area (Å²) in [4.78, 5) is 15.4. The Hall–Kier alpha value is -3.85. The molecule has 2 aromatic carbocycles. The number of carbonyl (C=O) groups is 1. The third kappa shape index (κ3) is 3.46. The second kappa shape index (κ2) is 7.53. The fraction of sp³-hybridized carbons (Fsp3) is 0.0476. The number of aromatic carboxylic acids is 1. The highest BCUT2D eigenvalue weighted by Gasteiger charge is 2.21. The van der Waals surface area contributed by atoms with Gasteiger partial charge in [0.1, 0.15) is 0 Å². The van der Waals surface area contributed by atoms with E-state index >= 15 is 0 Å². The van der Waals surface area contributed by atoms with Gasteiger partial charge in [-0.15, -0.1) is 0 Å². The molecule has 152 valence electrons. The van der Waals surface area contributed by atoms with E-state index in [0.29, 0.717) is 28.9 Å². The minimum atomic E-state index is -3.79. The monoisotopic (exact) mass is 422 g/mol. The molecule has 4 aromatic rings. The highest BCUT2D eigenvalue weighted by molar-refractivity contribution is 7.90. The maximum atomic E-state index is 13.0. The Balaban J connectivity index is 1.68. The predicted octanol–water partition coefficient (Wildman–Crippen LogP) is 3.17. The lowest BCUT2D eigenvalue weighted by Gasteiger charge is -2.12. The van der Waals surface area contributed by atoms with Crippen molar-refractivity contribution < 1.29 is 18.3 Å². The minimum Gasteiger partial charge on any atom is -0.478 e. The van der Waals surface area contributed by atoms with Gasteiger partial charge in [-0.25, -0.2) is 22.2 Å². The van der Waals surface area contributed by atoms with Crippen LogP contribution in [0.5, 0.6) is 0 Å². The second-order valence-corrected chi connectivity index (χ2v) is 8.41. The number of carboxylic acids is 1. The zero-order valence-electron chi connectivity index (χ0n) is 15.7. The molecule has 0 aliphatic rings. The maximum Gasteiger partial charge on any atom is 0.335 e. The molecule has 4 rings (SSSR count). The number of pyridine rings is 1. The van der Waals surface area contributed by atoms with E-state index in [1.165, 1.54) is 36.7 Å². The number of nitrogens with one attached hydrogen (secondary N) is 1. The fourth-order valence-electron chi connectivity index (χ4n) is 3.15. The Morgan fingerprint density at radius 1 is 1.07 bits per heavy atom. The number of nitrogen functional groups attached to an aromatic ring is 1. The largest absolute Gasteiger partial charge is 0.478 e. The van der Waals surface area contributed by atoms with Gasteiger partial charge in [0.15, 0.2) is 5.65 Å². The number of aromatic nitrogens is 2. The highest BCUT2D eigenvalue weighted by atomic mass is 32.2. The Bertz CT molecular complexity index is 1330. The molecule has 0 bridgehead atoms. The molecule has 0 atom stereocenters. The minimum absolute atomic E-state index is 0.166. The van der Waals surface area contributed by atoms with Gasteiger partial charge in [0.2, 0.25) is 0 Å². The molecule has 8 nitrogen and oxygen atoms in total. The molecule has 0 unspecified atom stereocenters. The number of hydrogen-bond acceptors (Lipinski definition) is 6. The van der Waals surface area contributed by atoms with Crippen LogP contribution in [-0.4, -0.2) is 28.5 Å². The Morgan fingerprint density at radius 3 is 2.43 bits per heavy atom. The van der Waals surface area contributed by atoms with E-state index in [1.54, 1.807) is 36.4 Å². The summed E-state index contributed by atoms with van der Waals surface area (Å²) >= 11 is 0. The summed E-state index contributed by atoms with van der Waals surface area (Å²) in [5.41, 5.74) is 8.41. The summed E-state index contributed by atoms with van der Waals surface area (Å²) in [5, 5.41) is 12.8. The van der Waals surface area contributed by atoms with E-state index in [0.717, 1.165) is 3.97 Å². The van der Waals surface area contributed by atoms with Gasteiger partial charge < -0.3 is 16.2 Å². The SMILES string of the molecule is Nc1cnc2c(ccn2S(=O)(=O)c2ccccc2)c1CNc1ccc(C(=O)O)cc1.